The van der Waals surface area contributed by atoms with Crippen molar-refractivity contribution in [1.29, 1.82) is 0 Å². The predicted molar refractivity (Wildman–Crippen MR) is 168 cm³/mol. The van der Waals surface area contributed by atoms with E-state index in [1.807, 2.05) is 23.6 Å². The van der Waals surface area contributed by atoms with Crippen molar-refractivity contribution >= 4 is 50.5 Å². The molecule has 2 aliphatic rings. The first-order chi connectivity index (χ1) is 20.3. The molecule has 0 saturated carbocycles. The van der Waals surface area contributed by atoms with Crippen molar-refractivity contribution in [2.75, 3.05) is 49.7 Å². The molecule has 2 aliphatic heterocycles. The first kappa shape index (κ1) is 28.9. The number of piperazine rings is 1. The van der Waals surface area contributed by atoms with Crippen LogP contribution < -0.4 is 21.1 Å². The maximum absolute atomic E-state index is 15.2. The molecule has 6 rings (SSSR count). The molecule has 3 aromatic heterocycles. The summed E-state index contributed by atoms with van der Waals surface area (Å²) in [5, 5.41) is 9.17. The lowest BCUT2D eigenvalue weighted by molar-refractivity contribution is 0.186. The normalized spacial score (nSPS) is 20.6. The summed E-state index contributed by atoms with van der Waals surface area (Å²) in [6, 6.07) is 9.14. The number of piperidine rings is 1. The fourth-order valence-electron chi connectivity index (χ4n) is 6.06. The summed E-state index contributed by atoms with van der Waals surface area (Å²) in [7, 11) is 0.883. The average Bonchev–Trinajstić information content (AvgIpc) is 3.44. The fraction of sp³-hybridized carbons (Fsp3) is 0.433. The van der Waals surface area contributed by atoms with Crippen molar-refractivity contribution < 1.29 is 8.60 Å². The molecule has 42 heavy (non-hydrogen) atoms. The molecule has 2 saturated heterocycles. The number of thiophene rings is 1. The summed E-state index contributed by atoms with van der Waals surface area (Å²) in [5.41, 5.74) is 2.20. The van der Waals surface area contributed by atoms with E-state index in [4.69, 9.17) is 4.98 Å². The highest BCUT2D eigenvalue weighted by Crippen LogP contribution is 2.31. The Morgan fingerprint density at radius 1 is 1.21 bits per heavy atom. The standard InChI is InChI=1S/C30H36FN7O2S2/c1-19-17-37(12-10-32-19)25-8-7-21(15-23(25)31)34-30-33-16-20-14-22(24-6-4-5-11-36(24)2)29(39)38(28(20)35-30)18-26-27(42(3)40)9-13-41-26/h7-9,13-16,19,24,32H,4-6,10-12,17-18H2,1-3H3,(H,33,34,35). The molecule has 1 aromatic carbocycles. The number of anilines is 3. The van der Waals surface area contributed by atoms with Gasteiger partial charge < -0.3 is 15.5 Å². The van der Waals surface area contributed by atoms with Crippen molar-refractivity contribution in [3.63, 3.8) is 0 Å². The molecule has 0 aliphatic carbocycles. The maximum atomic E-state index is 15.2. The molecular formula is C30H36FN7O2S2. The Morgan fingerprint density at radius 2 is 2.07 bits per heavy atom. The number of rotatable bonds is 7. The van der Waals surface area contributed by atoms with E-state index in [1.165, 1.54) is 17.4 Å². The van der Waals surface area contributed by atoms with Crippen LogP contribution in [0.1, 0.15) is 42.7 Å². The largest absolute Gasteiger partial charge is 0.366 e. The van der Waals surface area contributed by atoms with Crippen LogP contribution in [0.15, 0.2) is 51.6 Å². The summed E-state index contributed by atoms with van der Waals surface area (Å²) in [6.45, 7) is 5.59. The SMILES string of the molecule is CC1CN(c2ccc(Nc3ncc4cc(C5CCCCN5C)c(=O)n(Cc5sccc5S(C)=O)c4n3)cc2F)CCN1. The number of likely N-dealkylation sites (tertiary alicyclic amines) is 1. The highest BCUT2D eigenvalue weighted by molar-refractivity contribution is 7.84. The van der Waals surface area contributed by atoms with Crippen molar-refractivity contribution in [2.24, 2.45) is 0 Å². The van der Waals surface area contributed by atoms with Gasteiger partial charge in [-0.15, -0.1) is 11.3 Å². The fourth-order valence-corrected chi connectivity index (χ4v) is 8.04. The number of benzene rings is 1. The third-order valence-electron chi connectivity index (χ3n) is 8.21. The molecule has 222 valence electrons. The van der Waals surface area contributed by atoms with E-state index in [2.05, 4.69) is 39.4 Å². The lowest BCUT2D eigenvalue weighted by atomic mass is 9.96. The zero-order valence-electron chi connectivity index (χ0n) is 24.1. The van der Waals surface area contributed by atoms with E-state index in [0.717, 1.165) is 66.2 Å². The minimum Gasteiger partial charge on any atom is -0.366 e. The van der Waals surface area contributed by atoms with Gasteiger partial charge in [0.1, 0.15) is 11.5 Å². The lowest BCUT2D eigenvalue weighted by Gasteiger charge is -2.33. The van der Waals surface area contributed by atoms with Crippen LogP contribution in [0.4, 0.5) is 21.7 Å². The first-order valence-corrected chi connectivity index (χ1v) is 16.8. The first-order valence-electron chi connectivity index (χ1n) is 14.3. The van der Waals surface area contributed by atoms with Gasteiger partial charge in [0.2, 0.25) is 5.95 Å². The number of hydrogen-bond donors (Lipinski definition) is 2. The second-order valence-electron chi connectivity index (χ2n) is 11.2. The summed E-state index contributed by atoms with van der Waals surface area (Å²) in [6.07, 6.45) is 6.46. The van der Waals surface area contributed by atoms with Gasteiger partial charge in [-0.25, -0.2) is 9.37 Å². The van der Waals surface area contributed by atoms with Crippen LogP contribution in [-0.2, 0) is 17.3 Å². The van der Waals surface area contributed by atoms with Gasteiger partial charge in [-0.1, -0.05) is 6.42 Å². The van der Waals surface area contributed by atoms with Crippen LogP contribution in [0.5, 0.6) is 0 Å². The number of aromatic nitrogens is 3. The quantitative estimate of drug-likeness (QED) is 0.317. The lowest BCUT2D eigenvalue weighted by Crippen LogP contribution is -2.49. The van der Waals surface area contributed by atoms with Gasteiger partial charge >= 0.3 is 0 Å². The Hall–Kier alpha value is -3.19. The van der Waals surface area contributed by atoms with E-state index in [0.29, 0.717) is 23.1 Å². The second kappa shape index (κ2) is 12.2. The molecule has 2 N–H and O–H groups in total. The molecule has 2 fully saturated rings. The zero-order valence-corrected chi connectivity index (χ0v) is 25.7. The van der Waals surface area contributed by atoms with Crippen molar-refractivity contribution in [3.8, 4) is 0 Å². The minimum absolute atomic E-state index is 0.0166. The number of nitrogens with zero attached hydrogens (tertiary/aromatic N) is 5. The highest BCUT2D eigenvalue weighted by atomic mass is 32.2. The summed E-state index contributed by atoms with van der Waals surface area (Å²) in [5.74, 6) is -0.0440. The van der Waals surface area contributed by atoms with Gasteiger partial charge in [0, 0.05) is 65.7 Å². The van der Waals surface area contributed by atoms with E-state index in [1.54, 1.807) is 23.1 Å². The van der Waals surface area contributed by atoms with Crippen molar-refractivity contribution in [3.05, 3.63) is 68.5 Å². The Kier molecular flexibility index (Phi) is 8.39. The van der Waals surface area contributed by atoms with Crippen molar-refractivity contribution in [1.82, 2.24) is 24.8 Å². The second-order valence-corrected chi connectivity index (χ2v) is 13.6. The number of nitrogens with one attached hydrogen (secondary N) is 2. The number of pyridine rings is 1. The highest BCUT2D eigenvalue weighted by Gasteiger charge is 2.26. The smallest absolute Gasteiger partial charge is 0.257 e. The van der Waals surface area contributed by atoms with E-state index in [9.17, 15) is 9.00 Å². The summed E-state index contributed by atoms with van der Waals surface area (Å²) in [4.78, 5) is 29.3. The monoisotopic (exact) mass is 609 g/mol. The molecule has 0 amide bonds. The number of hydrogen-bond acceptors (Lipinski definition) is 9. The zero-order chi connectivity index (χ0) is 29.4. The van der Waals surface area contributed by atoms with Crippen LogP contribution in [0.3, 0.4) is 0 Å². The van der Waals surface area contributed by atoms with Gasteiger partial charge in [0.15, 0.2) is 0 Å². The topological polar surface area (TPSA) is 95.4 Å². The summed E-state index contributed by atoms with van der Waals surface area (Å²) >= 11 is 1.48. The maximum Gasteiger partial charge on any atom is 0.257 e. The van der Waals surface area contributed by atoms with Crippen molar-refractivity contribution in [2.45, 2.75) is 49.7 Å². The number of fused-ring (bicyclic) bond motifs is 1. The van der Waals surface area contributed by atoms with Gasteiger partial charge in [-0.05, 0) is 69.1 Å². The van der Waals surface area contributed by atoms with Crippen LogP contribution in [0.25, 0.3) is 11.0 Å². The Morgan fingerprint density at radius 3 is 2.83 bits per heavy atom. The summed E-state index contributed by atoms with van der Waals surface area (Å²) < 4.78 is 29.3. The molecular weight excluding hydrogens is 574 g/mol. The van der Waals surface area contributed by atoms with Crippen LogP contribution in [0, 0.1) is 5.82 Å². The van der Waals surface area contributed by atoms with Gasteiger partial charge in [-0.3, -0.25) is 18.5 Å². The molecule has 3 atom stereocenters. The third kappa shape index (κ3) is 5.85. The predicted octanol–water partition coefficient (Wildman–Crippen LogP) is 4.48. The molecule has 4 aromatic rings. The van der Waals surface area contributed by atoms with Gasteiger partial charge in [0.05, 0.1) is 27.9 Å². The van der Waals surface area contributed by atoms with Crippen LogP contribution in [-0.4, -0.2) is 69.2 Å². The van der Waals surface area contributed by atoms with E-state index >= 15 is 4.39 Å². The molecule has 5 heterocycles. The van der Waals surface area contributed by atoms with Crippen LogP contribution >= 0.6 is 11.3 Å². The molecule has 0 bridgehead atoms. The van der Waals surface area contributed by atoms with Crippen LogP contribution in [0.2, 0.25) is 0 Å². The van der Waals surface area contributed by atoms with E-state index < -0.39 is 10.8 Å². The third-order valence-corrected chi connectivity index (χ3v) is 10.3. The number of halogens is 1. The Balaban J connectivity index is 1.37. The van der Waals surface area contributed by atoms with E-state index in [-0.39, 0.29) is 29.9 Å². The van der Waals surface area contributed by atoms with Gasteiger partial charge in [-0.2, -0.15) is 4.98 Å². The molecule has 0 radical (unpaired) electrons. The molecule has 12 heteroatoms. The molecule has 3 unspecified atom stereocenters. The Bertz CT molecular complexity index is 1690. The Labute approximate surface area is 251 Å². The molecule has 0 spiro atoms. The molecule has 9 nitrogen and oxygen atoms in total. The average molecular weight is 610 g/mol. The minimum atomic E-state index is -1.18. The van der Waals surface area contributed by atoms with Gasteiger partial charge in [0.25, 0.3) is 5.56 Å².